The number of likely N-dealkylation sites (tertiary alicyclic amines) is 1. The Kier molecular flexibility index (Phi) is 19.4. The highest BCUT2D eigenvalue weighted by Crippen LogP contribution is 2.34. The molecule has 3 amide bonds. The number of Topliss-reactive ketones (excluding diaryl/α,β-unsaturated/α-hetero) is 1. The number of aromatic nitrogens is 2. The molecular weight excluding hydrogens is 947 g/mol. The second kappa shape index (κ2) is 25.6. The Morgan fingerprint density at radius 3 is 1.93 bits per heavy atom. The molecule has 0 saturated carbocycles. The highest BCUT2D eigenvalue weighted by atomic mass is 19.3. The number of carboxylic acids is 3. The lowest BCUT2D eigenvalue weighted by Crippen LogP contribution is -2.53. The molecule has 24 heteroatoms. The molecule has 3 aliphatic heterocycles. The number of halogens is 2. The van der Waals surface area contributed by atoms with E-state index in [1.54, 1.807) is 56.9 Å². The van der Waals surface area contributed by atoms with Crippen LogP contribution < -0.4 is 10.1 Å². The third-order valence-electron chi connectivity index (χ3n) is 12.6. The maximum absolute atomic E-state index is 14.7. The van der Waals surface area contributed by atoms with E-state index in [0.717, 1.165) is 4.90 Å². The molecule has 1 aromatic carbocycles. The Bertz CT molecular complexity index is 2450. The fourth-order valence-corrected chi connectivity index (χ4v) is 8.87. The van der Waals surface area contributed by atoms with E-state index in [9.17, 15) is 57.7 Å². The van der Waals surface area contributed by atoms with Crippen LogP contribution in [0, 0.1) is 0 Å². The first-order chi connectivity index (χ1) is 34.4. The number of oxazole rings is 1. The van der Waals surface area contributed by atoms with Crippen molar-refractivity contribution in [3.63, 3.8) is 0 Å². The standard InChI is InChI=1S/C48H62F2N10O12/c1-3-6-37-39(4-2)72-47(53-37)45(69)38-26-48(49,50)32-60(38)40(61)27-52-46(70)34-9-10-51-36-8-7-33(25-35(34)36)71-24-5-11-54-20-22-59(23-21-54)41(62)28-55-12-14-56(29-42(63)64)16-18-58(31-44(67)68)19-17-57(15-13-55)30-43(65)66/h3-4,6-10,25,38H,2,5,11-24,26-32H2,1H3,(H,52,70)(H,63,64)(H,65,66)(H,67,68)/b6-3-/t38-/m0/s1. The van der Waals surface area contributed by atoms with Crippen LogP contribution in [0.2, 0.25) is 0 Å². The number of carbonyl (C=O) groups is 7. The highest BCUT2D eigenvalue weighted by Gasteiger charge is 2.51. The van der Waals surface area contributed by atoms with Crippen molar-refractivity contribution in [2.24, 2.45) is 0 Å². The Hall–Kier alpha value is -6.73. The molecule has 3 fully saturated rings. The minimum absolute atomic E-state index is 0.0629. The zero-order valence-corrected chi connectivity index (χ0v) is 40.3. The smallest absolute Gasteiger partial charge is 0.317 e. The number of pyridine rings is 1. The van der Waals surface area contributed by atoms with Gasteiger partial charge in [-0.3, -0.25) is 63.0 Å². The maximum atomic E-state index is 14.7. The molecule has 0 bridgehead atoms. The van der Waals surface area contributed by atoms with Crippen LogP contribution in [0.15, 0.2) is 47.5 Å². The van der Waals surface area contributed by atoms with Crippen molar-refractivity contribution in [3.05, 3.63) is 66.0 Å². The first kappa shape index (κ1) is 54.6. The van der Waals surface area contributed by atoms with Gasteiger partial charge in [0.25, 0.3) is 17.7 Å². The summed E-state index contributed by atoms with van der Waals surface area (Å²) in [6.07, 6.45) is 5.68. The third-order valence-corrected chi connectivity index (χ3v) is 12.6. The molecule has 72 heavy (non-hydrogen) atoms. The minimum Gasteiger partial charge on any atom is -0.494 e. The van der Waals surface area contributed by atoms with E-state index < -0.39 is 72.9 Å². The van der Waals surface area contributed by atoms with Crippen molar-refractivity contribution in [2.45, 2.75) is 31.7 Å². The monoisotopic (exact) mass is 1010 g/mol. The van der Waals surface area contributed by atoms with Gasteiger partial charge in [0.2, 0.25) is 17.6 Å². The Labute approximate surface area is 414 Å². The molecule has 0 aliphatic carbocycles. The number of ketones is 1. The molecule has 5 heterocycles. The van der Waals surface area contributed by atoms with Gasteiger partial charge in [0.1, 0.15) is 17.5 Å². The van der Waals surface area contributed by atoms with Gasteiger partial charge in [0, 0.05) is 103 Å². The molecule has 390 valence electrons. The number of nitrogens with one attached hydrogen (secondary N) is 1. The predicted molar refractivity (Wildman–Crippen MR) is 257 cm³/mol. The summed E-state index contributed by atoms with van der Waals surface area (Å²) in [7, 11) is 0. The lowest BCUT2D eigenvalue weighted by Gasteiger charge is -2.37. The van der Waals surface area contributed by atoms with Gasteiger partial charge in [-0.2, -0.15) is 0 Å². The Balaban J connectivity index is 0.972. The van der Waals surface area contributed by atoms with Gasteiger partial charge in [-0.05, 0) is 49.8 Å². The number of ether oxygens (including phenoxy) is 1. The first-order valence-electron chi connectivity index (χ1n) is 23.7. The molecule has 3 aromatic rings. The number of alkyl halides is 2. The predicted octanol–water partition coefficient (Wildman–Crippen LogP) is 1.14. The molecule has 6 rings (SSSR count). The van der Waals surface area contributed by atoms with Gasteiger partial charge >= 0.3 is 17.9 Å². The quantitative estimate of drug-likeness (QED) is 0.0914. The van der Waals surface area contributed by atoms with Crippen LogP contribution in [0.1, 0.15) is 52.3 Å². The molecule has 3 aliphatic rings. The molecule has 0 radical (unpaired) electrons. The summed E-state index contributed by atoms with van der Waals surface area (Å²) in [5.41, 5.74) is 0.911. The summed E-state index contributed by atoms with van der Waals surface area (Å²) in [5, 5.41) is 31.4. The lowest BCUT2D eigenvalue weighted by atomic mass is 10.1. The third kappa shape index (κ3) is 15.6. The zero-order valence-electron chi connectivity index (χ0n) is 40.3. The number of carbonyl (C=O) groups excluding carboxylic acids is 4. The van der Waals surface area contributed by atoms with E-state index in [1.165, 1.54) is 18.3 Å². The van der Waals surface area contributed by atoms with E-state index in [1.807, 2.05) is 4.90 Å². The van der Waals surface area contributed by atoms with Gasteiger partial charge in [-0.1, -0.05) is 12.7 Å². The number of hydrogen-bond donors (Lipinski definition) is 4. The van der Waals surface area contributed by atoms with Gasteiger partial charge in [0.05, 0.1) is 57.0 Å². The molecular formula is C48H62F2N10O12. The molecule has 22 nitrogen and oxygen atoms in total. The molecule has 2 aromatic heterocycles. The maximum Gasteiger partial charge on any atom is 0.317 e. The van der Waals surface area contributed by atoms with Crippen LogP contribution in [0.25, 0.3) is 23.1 Å². The Morgan fingerprint density at radius 2 is 1.38 bits per heavy atom. The normalized spacial score (nSPS) is 19.2. The molecule has 3 saturated heterocycles. The van der Waals surface area contributed by atoms with Crippen molar-refractivity contribution in [1.82, 2.24) is 49.6 Å². The fourth-order valence-electron chi connectivity index (χ4n) is 8.87. The lowest BCUT2D eigenvalue weighted by molar-refractivity contribution is -0.141. The van der Waals surface area contributed by atoms with E-state index in [0.29, 0.717) is 88.6 Å². The summed E-state index contributed by atoms with van der Waals surface area (Å²) in [4.78, 5) is 109. The van der Waals surface area contributed by atoms with Crippen molar-refractivity contribution >= 4 is 64.5 Å². The van der Waals surface area contributed by atoms with E-state index >= 15 is 0 Å². The van der Waals surface area contributed by atoms with E-state index in [2.05, 4.69) is 26.8 Å². The molecule has 0 unspecified atom stereocenters. The number of hydrogen-bond acceptors (Lipinski definition) is 16. The van der Waals surface area contributed by atoms with Gasteiger partial charge in [0.15, 0.2) is 5.76 Å². The van der Waals surface area contributed by atoms with Gasteiger partial charge in [-0.25, -0.2) is 13.8 Å². The SMILES string of the molecule is C=Cc1oc(C(=O)[C@@H]2CC(F)(F)CN2C(=O)CNC(=O)c2ccnc3ccc(OCCCN4CCN(C(=O)CN5CCN(CC(=O)O)CCN(CC(=O)O)CCN(CC(=O)O)CC5)CC4)cc23)nc1/C=C\C. The largest absolute Gasteiger partial charge is 0.494 e. The molecule has 0 spiro atoms. The number of piperazine rings is 1. The van der Waals surface area contributed by atoms with Gasteiger partial charge in [-0.15, -0.1) is 0 Å². The van der Waals surface area contributed by atoms with Crippen molar-refractivity contribution in [1.29, 1.82) is 0 Å². The van der Waals surface area contributed by atoms with E-state index in [-0.39, 0.29) is 75.3 Å². The highest BCUT2D eigenvalue weighted by molar-refractivity contribution is 6.07. The molecule has 4 N–H and O–H groups in total. The fraction of sp³-hybridized carbons (Fsp3) is 0.521. The average Bonchev–Trinajstić information content (AvgIpc) is 3.91. The summed E-state index contributed by atoms with van der Waals surface area (Å²) >= 11 is 0. The molecule has 1 atom stereocenters. The van der Waals surface area contributed by atoms with E-state index in [4.69, 9.17) is 9.15 Å². The second-order valence-electron chi connectivity index (χ2n) is 17.9. The van der Waals surface area contributed by atoms with Crippen LogP contribution in [-0.4, -0.2) is 244 Å². The number of aliphatic carboxylic acids is 3. The van der Waals surface area contributed by atoms with Crippen LogP contribution >= 0.6 is 0 Å². The topological polar surface area (TPSA) is 263 Å². The Morgan fingerprint density at radius 1 is 0.806 bits per heavy atom. The first-order valence-corrected chi connectivity index (χ1v) is 23.7. The van der Waals surface area contributed by atoms with Gasteiger partial charge < -0.3 is 39.6 Å². The van der Waals surface area contributed by atoms with Crippen LogP contribution in [-0.2, 0) is 24.0 Å². The number of benzene rings is 1. The average molecular weight is 1010 g/mol. The van der Waals surface area contributed by atoms with Crippen molar-refractivity contribution in [2.75, 3.05) is 131 Å². The number of fused-ring (bicyclic) bond motifs is 1. The number of rotatable bonds is 20. The number of allylic oxidation sites excluding steroid dienone is 1. The summed E-state index contributed by atoms with van der Waals surface area (Å²) in [6, 6.07) is 4.93. The summed E-state index contributed by atoms with van der Waals surface area (Å²) in [6.45, 7) is 8.58. The number of nitrogens with zero attached hydrogens (tertiary/aromatic N) is 9. The van der Waals surface area contributed by atoms with Crippen LogP contribution in [0.3, 0.4) is 0 Å². The van der Waals surface area contributed by atoms with Crippen LogP contribution in [0.5, 0.6) is 5.75 Å². The van der Waals surface area contributed by atoms with Crippen molar-refractivity contribution in [3.8, 4) is 5.75 Å². The minimum atomic E-state index is -3.36. The number of amides is 3. The van der Waals surface area contributed by atoms with Crippen LogP contribution in [0.4, 0.5) is 8.78 Å². The summed E-state index contributed by atoms with van der Waals surface area (Å²) < 4.78 is 40.9. The summed E-state index contributed by atoms with van der Waals surface area (Å²) in [5.74, 6) is -8.83. The van der Waals surface area contributed by atoms with Crippen molar-refractivity contribution < 1.29 is 66.8 Å². The number of carboxylic acid groups (broad SMARTS) is 3. The second-order valence-corrected chi connectivity index (χ2v) is 17.9. The zero-order chi connectivity index (χ0) is 52.0.